The molecule has 0 aliphatic rings. The first-order valence-electron chi connectivity index (χ1n) is 6.20. The molecule has 0 unspecified atom stereocenters. The van der Waals surface area contributed by atoms with Gasteiger partial charge in [0, 0.05) is 10.7 Å². The van der Waals surface area contributed by atoms with Gasteiger partial charge in [-0.05, 0) is 56.2 Å². The second-order valence-electron chi connectivity index (χ2n) is 5.67. The van der Waals surface area contributed by atoms with Gasteiger partial charge in [-0.25, -0.2) is 13.1 Å². The largest absolute Gasteiger partial charge is 0.217 e. The topological polar surface area (TPSA) is 46.2 Å². The maximum absolute atomic E-state index is 12.1. The van der Waals surface area contributed by atoms with E-state index in [4.69, 9.17) is 0 Å². The lowest BCUT2D eigenvalue weighted by Crippen LogP contribution is -2.40. The zero-order valence-corrected chi connectivity index (χ0v) is 13.2. The van der Waals surface area contributed by atoms with Crippen LogP contribution in [0.5, 0.6) is 0 Å². The van der Waals surface area contributed by atoms with Crippen LogP contribution in [0.3, 0.4) is 0 Å². The Morgan fingerprint density at radius 1 is 1.21 bits per heavy atom. The Labute approximate surface area is 118 Å². The molecule has 0 aliphatic heterocycles. The van der Waals surface area contributed by atoms with Gasteiger partial charge in [0.15, 0.2) is 0 Å². The number of hydrogen-bond donors (Lipinski definition) is 1. The van der Waals surface area contributed by atoms with E-state index < -0.39 is 14.8 Å². The van der Waals surface area contributed by atoms with Crippen LogP contribution in [0.1, 0.15) is 39.3 Å². The van der Waals surface area contributed by atoms with E-state index >= 15 is 0 Å². The second kappa shape index (κ2) is 4.89. The number of nitrogens with one attached hydrogen (secondary N) is 1. The van der Waals surface area contributed by atoms with Gasteiger partial charge in [0.1, 0.15) is 0 Å². The van der Waals surface area contributed by atoms with Crippen molar-refractivity contribution in [3.8, 4) is 0 Å². The molecule has 1 heterocycles. The van der Waals surface area contributed by atoms with Gasteiger partial charge in [0.05, 0.1) is 4.75 Å². The third kappa shape index (κ3) is 2.99. The normalized spacial score (nSPS) is 14.7. The molecule has 1 aromatic heterocycles. The van der Waals surface area contributed by atoms with Crippen LogP contribution in [0.4, 0.5) is 0 Å². The fraction of sp³-hybridized carbons (Fsp3) is 0.429. The van der Waals surface area contributed by atoms with Crippen molar-refractivity contribution < 1.29 is 8.42 Å². The van der Waals surface area contributed by atoms with E-state index in [1.54, 1.807) is 32.1 Å². The maximum Gasteiger partial charge on any atom is 0.217 e. The summed E-state index contributed by atoms with van der Waals surface area (Å²) < 4.78 is 27.4. The van der Waals surface area contributed by atoms with Crippen LogP contribution < -0.4 is 4.72 Å². The van der Waals surface area contributed by atoms with Gasteiger partial charge in [-0.15, -0.1) is 11.3 Å². The van der Waals surface area contributed by atoms with Crippen molar-refractivity contribution in [2.24, 2.45) is 0 Å². The molecule has 1 aromatic carbocycles. The third-order valence-corrected chi connectivity index (χ3v) is 6.27. The molecular formula is C14H19NO2S2. The summed E-state index contributed by atoms with van der Waals surface area (Å²) >= 11 is 1.67. The Morgan fingerprint density at radius 2 is 1.89 bits per heavy atom. The van der Waals surface area contributed by atoms with Crippen LogP contribution >= 0.6 is 11.3 Å². The Kier molecular flexibility index (Phi) is 3.73. The van der Waals surface area contributed by atoms with E-state index in [0.717, 1.165) is 5.56 Å². The molecule has 0 saturated carbocycles. The van der Waals surface area contributed by atoms with Gasteiger partial charge in [-0.2, -0.15) is 0 Å². The van der Waals surface area contributed by atoms with E-state index in [-0.39, 0.29) is 6.04 Å². The zero-order chi connectivity index (χ0) is 14.3. The van der Waals surface area contributed by atoms with E-state index in [2.05, 4.69) is 16.9 Å². The maximum atomic E-state index is 12.1. The number of hydrogen-bond acceptors (Lipinski definition) is 3. The summed E-state index contributed by atoms with van der Waals surface area (Å²) in [5.74, 6) is 0. The molecule has 0 amide bonds. The van der Waals surface area contributed by atoms with Gasteiger partial charge in [0.2, 0.25) is 10.0 Å². The SMILES string of the molecule is C[C@H](NS(=O)(=O)C(C)(C)C)c1ccc2ccsc2c1. The molecule has 0 bridgehead atoms. The van der Waals surface area contributed by atoms with Crippen LogP contribution in [0, 0.1) is 0 Å². The summed E-state index contributed by atoms with van der Waals surface area (Å²) in [5, 5.41) is 3.23. The van der Waals surface area contributed by atoms with Crippen molar-refractivity contribution in [1.29, 1.82) is 0 Å². The number of benzene rings is 1. The minimum absolute atomic E-state index is 0.226. The lowest BCUT2D eigenvalue weighted by Gasteiger charge is -2.23. The van der Waals surface area contributed by atoms with Gasteiger partial charge >= 0.3 is 0 Å². The van der Waals surface area contributed by atoms with Crippen molar-refractivity contribution in [3.05, 3.63) is 35.2 Å². The Morgan fingerprint density at radius 3 is 2.53 bits per heavy atom. The molecule has 3 nitrogen and oxygen atoms in total. The molecule has 1 N–H and O–H groups in total. The zero-order valence-electron chi connectivity index (χ0n) is 11.6. The van der Waals surface area contributed by atoms with Crippen molar-refractivity contribution >= 4 is 31.4 Å². The first-order chi connectivity index (χ1) is 8.71. The molecule has 5 heteroatoms. The molecule has 1 atom stereocenters. The van der Waals surface area contributed by atoms with Crippen molar-refractivity contribution in [3.63, 3.8) is 0 Å². The lowest BCUT2D eigenvalue weighted by atomic mass is 10.1. The van der Waals surface area contributed by atoms with E-state index in [9.17, 15) is 8.42 Å². The second-order valence-corrected chi connectivity index (χ2v) is 9.09. The quantitative estimate of drug-likeness (QED) is 0.939. The van der Waals surface area contributed by atoms with E-state index in [1.807, 2.05) is 24.4 Å². The number of fused-ring (bicyclic) bond motifs is 1. The van der Waals surface area contributed by atoms with Crippen LogP contribution in [-0.2, 0) is 10.0 Å². The standard InChI is InChI=1S/C14H19NO2S2/c1-10(15-19(16,17)14(2,3)4)12-6-5-11-7-8-18-13(11)9-12/h5-10,15H,1-4H3/t10-/m0/s1. The molecule has 104 valence electrons. The fourth-order valence-electron chi connectivity index (χ4n) is 1.72. The van der Waals surface area contributed by atoms with Crippen LogP contribution in [0.25, 0.3) is 10.1 Å². The summed E-state index contributed by atoms with van der Waals surface area (Å²) in [7, 11) is -3.33. The Balaban J connectivity index is 2.27. The summed E-state index contributed by atoms with van der Waals surface area (Å²) in [4.78, 5) is 0. The highest BCUT2D eigenvalue weighted by atomic mass is 32.2. The number of thiophene rings is 1. The fourth-order valence-corrected chi connectivity index (χ4v) is 3.51. The molecule has 0 spiro atoms. The predicted octanol–water partition coefficient (Wildman–Crippen LogP) is 3.68. The lowest BCUT2D eigenvalue weighted by molar-refractivity contribution is 0.532. The molecule has 0 fully saturated rings. The molecule has 0 saturated heterocycles. The Bertz CT molecular complexity index is 681. The summed E-state index contributed by atoms with van der Waals surface area (Å²) in [6, 6.07) is 7.90. The van der Waals surface area contributed by atoms with Crippen molar-refractivity contribution in [2.75, 3.05) is 0 Å². The van der Waals surface area contributed by atoms with E-state index in [1.165, 1.54) is 10.1 Å². The highest BCUT2D eigenvalue weighted by Gasteiger charge is 2.30. The average molecular weight is 297 g/mol. The highest BCUT2D eigenvalue weighted by molar-refractivity contribution is 7.90. The summed E-state index contributed by atoms with van der Waals surface area (Å²) in [6.07, 6.45) is 0. The summed E-state index contributed by atoms with van der Waals surface area (Å²) in [6.45, 7) is 6.97. The molecule has 0 aliphatic carbocycles. The minimum atomic E-state index is -3.33. The summed E-state index contributed by atoms with van der Waals surface area (Å²) in [5.41, 5.74) is 0.989. The van der Waals surface area contributed by atoms with Gasteiger partial charge in [0.25, 0.3) is 0 Å². The van der Waals surface area contributed by atoms with Crippen molar-refractivity contribution in [1.82, 2.24) is 4.72 Å². The van der Waals surface area contributed by atoms with Crippen LogP contribution in [-0.4, -0.2) is 13.2 Å². The molecule has 2 rings (SSSR count). The molecule has 2 aromatic rings. The van der Waals surface area contributed by atoms with Crippen LogP contribution in [0.15, 0.2) is 29.6 Å². The predicted molar refractivity (Wildman–Crippen MR) is 82.0 cm³/mol. The monoisotopic (exact) mass is 297 g/mol. The smallest absolute Gasteiger partial charge is 0.212 e. The first kappa shape index (κ1) is 14.5. The number of sulfonamides is 1. The van der Waals surface area contributed by atoms with Gasteiger partial charge in [-0.3, -0.25) is 0 Å². The third-order valence-electron chi connectivity index (χ3n) is 3.12. The highest BCUT2D eigenvalue weighted by Crippen LogP contribution is 2.26. The molecular weight excluding hydrogens is 278 g/mol. The minimum Gasteiger partial charge on any atom is -0.212 e. The van der Waals surface area contributed by atoms with Crippen LogP contribution in [0.2, 0.25) is 0 Å². The average Bonchev–Trinajstić information content (AvgIpc) is 2.73. The Hall–Kier alpha value is -0.910. The molecule has 0 radical (unpaired) electrons. The van der Waals surface area contributed by atoms with Gasteiger partial charge < -0.3 is 0 Å². The van der Waals surface area contributed by atoms with Crippen molar-refractivity contribution in [2.45, 2.75) is 38.5 Å². The first-order valence-corrected chi connectivity index (χ1v) is 8.56. The van der Waals surface area contributed by atoms with Gasteiger partial charge in [-0.1, -0.05) is 12.1 Å². The number of rotatable bonds is 3. The molecule has 19 heavy (non-hydrogen) atoms. The van der Waals surface area contributed by atoms with E-state index in [0.29, 0.717) is 0 Å².